The summed E-state index contributed by atoms with van der Waals surface area (Å²) in [5.41, 5.74) is 11.0. The van der Waals surface area contributed by atoms with Gasteiger partial charge >= 0.3 is 0 Å². The van der Waals surface area contributed by atoms with Crippen LogP contribution in [0.3, 0.4) is 0 Å². The standard InChI is InChI=1S/C9H11N3O2/c1-12-6-4-2-3-5(8(10)13)7(6)9(11)14/h2-4,12H,1H3,(H2,10,13)(H2,11,14). The summed E-state index contributed by atoms with van der Waals surface area (Å²) in [6.07, 6.45) is 0. The van der Waals surface area contributed by atoms with Crippen LogP contribution < -0.4 is 16.8 Å². The monoisotopic (exact) mass is 193 g/mol. The van der Waals surface area contributed by atoms with Crippen molar-refractivity contribution in [2.45, 2.75) is 0 Å². The second kappa shape index (κ2) is 3.78. The van der Waals surface area contributed by atoms with E-state index in [0.29, 0.717) is 5.69 Å². The third-order valence-electron chi connectivity index (χ3n) is 1.85. The van der Waals surface area contributed by atoms with Crippen molar-refractivity contribution in [2.24, 2.45) is 11.5 Å². The van der Waals surface area contributed by atoms with Gasteiger partial charge < -0.3 is 16.8 Å². The van der Waals surface area contributed by atoms with E-state index in [-0.39, 0.29) is 11.1 Å². The van der Waals surface area contributed by atoms with Crippen LogP contribution in [-0.4, -0.2) is 18.9 Å². The molecule has 5 N–H and O–H groups in total. The van der Waals surface area contributed by atoms with Gasteiger partial charge in [-0.2, -0.15) is 0 Å². The topological polar surface area (TPSA) is 98.2 Å². The lowest BCUT2D eigenvalue weighted by Gasteiger charge is -2.08. The molecule has 0 saturated heterocycles. The van der Waals surface area contributed by atoms with Crippen molar-refractivity contribution in [2.75, 3.05) is 12.4 Å². The van der Waals surface area contributed by atoms with E-state index in [9.17, 15) is 9.59 Å². The van der Waals surface area contributed by atoms with Crippen LogP contribution in [0.5, 0.6) is 0 Å². The van der Waals surface area contributed by atoms with Gasteiger partial charge in [0.2, 0.25) is 5.91 Å². The summed E-state index contributed by atoms with van der Waals surface area (Å²) >= 11 is 0. The van der Waals surface area contributed by atoms with Crippen molar-refractivity contribution in [1.82, 2.24) is 0 Å². The molecule has 2 amide bonds. The van der Waals surface area contributed by atoms with Gasteiger partial charge in [0.15, 0.2) is 0 Å². The van der Waals surface area contributed by atoms with E-state index < -0.39 is 11.8 Å². The van der Waals surface area contributed by atoms with E-state index in [1.165, 1.54) is 6.07 Å². The molecule has 0 aliphatic carbocycles. The number of amides is 2. The molecule has 0 aliphatic heterocycles. The van der Waals surface area contributed by atoms with Crippen LogP contribution >= 0.6 is 0 Å². The fourth-order valence-corrected chi connectivity index (χ4v) is 1.23. The molecular weight excluding hydrogens is 182 g/mol. The molecule has 0 aromatic heterocycles. The van der Waals surface area contributed by atoms with Gasteiger partial charge in [0, 0.05) is 12.7 Å². The predicted octanol–water partition coefficient (Wildman–Crippen LogP) is -0.0739. The molecule has 1 aromatic carbocycles. The van der Waals surface area contributed by atoms with Crippen molar-refractivity contribution in [3.05, 3.63) is 29.3 Å². The molecule has 0 atom stereocenters. The second-order valence-electron chi connectivity index (χ2n) is 2.71. The van der Waals surface area contributed by atoms with E-state index in [0.717, 1.165) is 0 Å². The van der Waals surface area contributed by atoms with E-state index in [2.05, 4.69) is 5.32 Å². The van der Waals surface area contributed by atoms with Crippen LogP contribution in [0.4, 0.5) is 5.69 Å². The minimum Gasteiger partial charge on any atom is -0.387 e. The zero-order chi connectivity index (χ0) is 10.7. The van der Waals surface area contributed by atoms with Gasteiger partial charge in [-0.15, -0.1) is 0 Å². The van der Waals surface area contributed by atoms with E-state index in [1.807, 2.05) is 0 Å². The van der Waals surface area contributed by atoms with Crippen molar-refractivity contribution >= 4 is 17.5 Å². The highest BCUT2D eigenvalue weighted by molar-refractivity contribution is 6.09. The predicted molar refractivity (Wildman–Crippen MR) is 53.0 cm³/mol. The number of nitrogens with one attached hydrogen (secondary N) is 1. The molecule has 74 valence electrons. The lowest BCUT2D eigenvalue weighted by Crippen LogP contribution is -2.21. The lowest BCUT2D eigenvalue weighted by atomic mass is 10.0. The Labute approximate surface area is 81.1 Å². The molecule has 0 radical (unpaired) electrons. The van der Waals surface area contributed by atoms with E-state index >= 15 is 0 Å². The van der Waals surface area contributed by atoms with Gasteiger partial charge in [0.05, 0.1) is 11.1 Å². The Hall–Kier alpha value is -2.04. The van der Waals surface area contributed by atoms with Crippen LogP contribution in [-0.2, 0) is 0 Å². The summed E-state index contributed by atoms with van der Waals surface area (Å²) in [4.78, 5) is 22.1. The quantitative estimate of drug-likeness (QED) is 0.626. The largest absolute Gasteiger partial charge is 0.387 e. The zero-order valence-electron chi connectivity index (χ0n) is 7.70. The third-order valence-corrected chi connectivity index (χ3v) is 1.85. The number of benzene rings is 1. The molecule has 0 aliphatic rings. The van der Waals surface area contributed by atoms with Crippen LogP contribution in [0.2, 0.25) is 0 Å². The number of hydrogen-bond donors (Lipinski definition) is 3. The number of carbonyl (C=O) groups excluding carboxylic acids is 2. The first kappa shape index (κ1) is 10.0. The molecule has 0 unspecified atom stereocenters. The van der Waals surface area contributed by atoms with E-state index in [1.54, 1.807) is 19.2 Å². The van der Waals surface area contributed by atoms with Gasteiger partial charge in [-0.1, -0.05) is 6.07 Å². The third kappa shape index (κ3) is 1.66. The molecule has 0 saturated carbocycles. The summed E-state index contributed by atoms with van der Waals surface area (Å²) in [5, 5.41) is 2.76. The number of carbonyl (C=O) groups is 2. The molecular formula is C9H11N3O2. The molecule has 5 nitrogen and oxygen atoms in total. The maximum absolute atomic E-state index is 11.1. The highest BCUT2D eigenvalue weighted by Gasteiger charge is 2.15. The van der Waals surface area contributed by atoms with Crippen LogP contribution in [0.15, 0.2) is 18.2 Å². The summed E-state index contributed by atoms with van der Waals surface area (Å²) in [5.74, 6) is -1.35. The highest BCUT2D eigenvalue weighted by Crippen LogP contribution is 2.18. The molecule has 5 heteroatoms. The van der Waals surface area contributed by atoms with Gasteiger partial charge in [0.25, 0.3) is 5.91 Å². The molecule has 0 spiro atoms. The Morgan fingerprint density at radius 1 is 1.21 bits per heavy atom. The van der Waals surface area contributed by atoms with Crippen LogP contribution in [0.1, 0.15) is 20.7 Å². The molecule has 0 heterocycles. The Morgan fingerprint density at radius 3 is 2.29 bits per heavy atom. The van der Waals surface area contributed by atoms with E-state index in [4.69, 9.17) is 11.5 Å². The first-order chi connectivity index (χ1) is 6.57. The minimum atomic E-state index is -0.677. The Morgan fingerprint density at radius 2 is 1.86 bits per heavy atom. The van der Waals surface area contributed by atoms with Crippen molar-refractivity contribution in [3.63, 3.8) is 0 Å². The maximum Gasteiger partial charge on any atom is 0.251 e. The SMILES string of the molecule is CNc1cccc(C(N)=O)c1C(N)=O. The number of anilines is 1. The van der Waals surface area contributed by atoms with Crippen molar-refractivity contribution in [3.8, 4) is 0 Å². The highest BCUT2D eigenvalue weighted by atomic mass is 16.2. The Kier molecular flexibility index (Phi) is 2.71. The normalized spacial score (nSPS) is 9.50. The minimum absolute atomic E-state index is 0.127. The lowest BCUT2D eigenvalue weighted by molar-refractivity contribution is 0.0968. The summed E-state index contributed by atoms with van der Waals surface area (Å²) in [7, 11) is 1.63. The Bertz CT molecular complexity index is 388. The number of hydrogen-bond acceptors (Lipinski definition) is 3. The molecule has 0 bridgehead atoms. The first-order valence-electron chi connectivity index (χ1n) is 3.98. The molecule has 14 heavy (non-hydrogen) atoms. The number of rotatable bonds is 3. The average molecular weight is 193 g/mol. The Balaban J connectivity index is 3.43. The fourth-order valence-electron chi connectivity index (χ4n) is 1.23. The van der Waals surface area contributed by atoms with Crippen molar-refractivity contribution in [1.29, 1.82) is 0 Å². The number of nitrogens with two attached hydrogens (primary N) is 2. The first-order valence-corrected chi connectivity index (χ1v) is 3.98. The summed E-state index contributed by atoms with van der Waals surface area (Å²) in [6.45, 7) is 0. The fraction of sp³-hybridized carbons (Fsp3) is 0.111. The summed E-state index contributed by atoms with van der Waals surface area (Å²) in [6, 6.07) is 4.73. The van der Waals surface area contributed by atoms with Gasteiger partial charge in [0.1, 0.15) is 0 Å². The zero-order valence-corrected chi connectivity index (χ0v) is 7.70. The van der Waals surface area contributed by atoms with Gasteiger partial charge in [-0.05, 0) is 12.1 Å². The smallest absolute Gasteiger partial charge is 0.251 e. The molecule has 0 fully saturated rings. The second-order valence-corrected chi connectivity index (χ2v) is 2.71. The van der Waals surface area contributed by atoms with Crippen LogP contribution in [0.25, 0.3) is 0 Å². The molecule has 1 aromatic rings. The summed E-state index contributed by atoms with van der Waals surface area (Å²) < 4.78 is 0. The molecule has 1 rings (SSSR count). The average Bonchev–Trinajstić information content (AvgIpc) is 2.16. The van der Waals surface area contributed by atoms with Gasteiger partial charge in [-0.3, -0.25) is 9.59 Å². The van der Waals surface area contributed by atoms with Crippen molar-refractivity contribution < 1.29 is 9.59 Å². The van der Waals surface area contributed by atoms with Gasteiger partial charge in [-0.25, -0.2) is 0 Å². The van der Waals surface area contributed by atoms with Crippen LogP contribution in [0, 0.1) is 0 Å². The maximum atomic E-state index is 11.1. The number of primary amides is 2.